The number of hydrogen-bond acceptors (Lipinski definition) is 6. The largest absolute Gasteiger partial charge is 0.493 e. The minimum absolute atomic E-state index is 0.243. The van der Waals surface area contributed by atoms with Crippen molar-refractivity contribution >= 4 is 10.0 Å². The number of sulfonamides is 1. The van der Waals surface area contributed by atoms with Gasteiger partial charge in [-0.25, -0.2) is 8.42 Å². The summed E-state index contributed by atoms with van der Waals surface area (Å²) in [5.74, 6) is 2.10. The molecule has 0 aromatic heterocycles. The van der Waals surface area contributed by atoms with Gasteiger partial charge >= 0.3 is 0 Å². The number of benzene rings is 1. The number of methoxy groups -OCH3 is 3. The Labute approximate surface area is 156 Å². The fraction of sp³-hybridized carbons (Fsp3) is 0.667. The summed E-state index contributed by atoms with van der Waals surface area (Å²) in [6.07, 6.45) is 1.60. The van der Waals surface area contributed by atoms with Crippen LogP contribution in [0.5, 0.6) is 17.2 Å². The lowest BCUT2D eigenvalue weighted by Gasteiger charge is -2.34. The average molecular weight is 387 g/mol. The SMILES string of the molecule is CCCCS(=O)(=O)N1CCN(Cc2ccc(OC)c(OC)c2OC)CC1. The molecule has 0 N–H and O–H groups in total. The highest BCUT2D eigenvalue weighted by Crippen LogP contribution is 2.40. The van der Waals surface area contributed by atoms with Crippen LogP contribution in [0, 0.1) is 0 Å². The Balaban J connectivity index is 2.04. The molecule has 1 saturated heterocycles. The van der Waals surface area contributed by atoms with Crippen molar-refractivity contribution in [3.8, 4) is 17.2 Å². The molecule has 0 aliphatic carbocycles. The van der Waals surface area contributed by atoms with Gasteiger partial charge in [-0.05, 0) is 12.5 Å². The monoisotopic (exact) mass is 386 g/mol. The third-order valence-corrected chi connectivity index (χ3v) is 6.62. The Morgan fingerprint density at radius 1 is 0.962 bits per heavy atom. The number of unbranched alkanes of at least 4 members (excludes halogenated alkanes) is 1. The lowest BCUT2D eigenvalue weighted by Crippen LogP contribution is -2.48. The van der Waals surface area contributed by atoms with E-state index in [9.17, 15) is 8.42 Å². The highest BCUT2D eigenvalue weighted by Gasteiger charge is 2.27. The molecule has 148 valence electrons. The molecule has 8 heteroatoms. The molecule has 1 heterocycles. The van der Waals surface area contributed by atoms with Gasteiger partial charge in [0, 0.05) is 38.3 Å². The maximum atomic E-state index is 12.3. The Morgan fingerprint density at radius 2 is 1.62 bits per heavy atom. The van der Waals surface area contributed by atoms with Gasteiger partial charge in [0.2, 0.25) is 15.8 Å². The minimum Gasteiger partial charge on any atom is -0.493 e. The Kier molecular flexibility index (Phi) is 7.55. The molecular weight excluding hydrogens is 356 g/mol. The van der Waals surface area contributed by atoms with Crippen molar-refractivity contribution in [2.45, 2.75) is 26.3 Å². The van der Waals surface area contributed by atoms with Crippen molar-refractivity contribution in [2.75, 3.05) is 53.3 Å². The number of hydrogen-bond donors (Lipinski definition) is 0. The molecule has 1 aliphatic heterocycles. The van der Waals surface area contributed by atoms with E-state index in [4.69, 9.17) is 14.2 Å². The van der Waals surface area contributed by atoms with Crippen molar-refractivity contribution in [3.05, 3.63) is 17.7 Å². The first-order valence-electron chi connectivity index (χ1n) is 8.94. The highest BCUT2D eigenvalue weighted by molar-refractivity contribution is 7.89. The average Bonchev–Trinajstić information content (AvgIpc) is 2.66. The molecule has 0 amide bonds. The van der Waals surface area contributed by atoms with Gasteiger partial charge < -0.3 is 14.2 Å². The van der Waals surface area contributed by atoms with Gasteiger partial charge in [0.05, 0.1) is 27.1 Å². The highest BCUT2D eigenvalue weighted by atomic mass is 32.2. The second kappa shape index (κ2) is 9.43. The second-order valence-electron chi connectivity index (χ2n) is 6.34. The van der Waals surface area contributed by atoms with Gasteiger partial charge in [0.1, 0.15) is 0 Å². The van der Waals surface area contributed by atoms with E-state index in [1.807, 2.05) is 19.1 Å². The molecule has 0 unspecified atom stereocenters. The summed E-state index contributed by atoms with van der Waals surface area (Å²) in [7, 11) is 1.66. The molecule has 1 aromatic rings. The van der Waals surface area contributed by atoms with Crippen LogP contribution in [0.4, 0.5) is 0 Å². The van der Waals surface area contributed by atoms with Crippen molar-refractivity contribution in [1.29, 1.82) is 0 Å². The molecule has 2 rings (SSSR count). The van der Waals surface area contributed by atoms with Gasteiger partial charge in [-0.15, -0.1) is 0 Å². The van der Waals surface area contributed by atoms with E-state index in [1.54, 1.807) is 25.6 Å². The smallest absolute Gasteiger partial charge is 0.214 e. The van der Waals surface area contributed by atoms with Crippen LogP contribution in [0.3, 0.4) is 0 Å². The fourth-order valence-corrected chi connectivity index (χ4v) is 4.78. The molecule has 26 heavy (non-hydrogen) atoms. The van der Waals surface area contributed by atoms with Gasteiger partial charge in [-0.2, -0.15) is 4.31 Å². The van der Waals surface area contributed by atoms with Crippen LogP contribution in [-0.2, 0) is 16.6 Å². The van der Waals surface area contributed by atoms with Gasteiger partial charge in [-0.1, -0.05) is 19.4 Å². The van der Waals surface area contributed by atoms with Gasteiger partial charge in [-0.3, -0.25) is 4.90 Å². The summed E-state index contributed by atoms with van der Waals surface area (Å²) in [6.45, 7) is 5.13. The van der Waals surface area contributed by atoms with E-state index in [1.165, 1.54) is 0 Å². The first-order chi connectivity index (χ1) is 12.5. The topological polar surface area (TPSA) is 68.3 Å². The summed E-state index contributed by atoms with van der Waals surface area (Å²) in [4.78, 5) is 2.23. The molecule has 0 radical (unpaired) electrons. The van der Waals surface area contributed by atoms with Crippen LogP contribution < -0.4 is 14.2 Å². The van der Waals surface area contributed by atoms with E-state index < -0.39 is 10.0 Å². The zero-order valence-corrected chi connectivity index (χ0v) is 17.0. The molecule has 0 spiro atoms. The number of rotatable bonds is 9. The summed E-state index contributed by atoms with van der Waals surface area (Å²) >= 11 is 0. The first kappa shape index (κ1) is 20.8. The van der Waals surface area contributed by atoms with Crippen LogP contribution in [0.1, 0.15) is 25.3 Å². The van der Waals surface area contributed by atoms with Gasteiger partial charge in [0.25, 0.3) is 0 Å². The standard InChI is InChI=1S/C18H30N2O5S/c1-5-6-13-26(21,22)20-11-9-19(10-12-20)14-15-7-8-16(23-2)18(25-4)17(15)24-3/h7-8H,5-6,9-14H2,1-4H3. The maximum absolute atomic E-state index is 12.3. The van der Waals surface area contributed by atoms with E-state index in [0.29, 0.717) is 56.4 Å². The lowest BCUT2D eigenvalue weighted by molar-refractivity contribution is 0.179. The first-order valence-corrected chi connectivity index (χ1v) is 10.6. The predicted octanol–water partition coefficient (Wildman–Crippen LogP) is 1.96. The zero-order valence-electron chi connectivity index (χ0n) is 16.2. The molecule has 1 fully saturated rings. The number of nitrogens with zero attached hydrogens (tertiary/aromatic N) is 2. The Hall–Kier alpha value is -1.51. The second-order valence-corrected chi connectivity index (χ2v) is 8.43. The zero-order chi connectivity index (χ0) is 19.2. The normalized spacial score (nSPS) is 16.5. The van der Waals surface area contributed by atoms with Crippen LogP contribution >= 0.6 is 0 Å². The summed E-state index contributed by atoms with van der Waals surface area (Å²) < 4.78 is 42.5. The van der Waals surface area contributed by atoms with Crippen molar-refractivity contribution < 1.29 is 22.6 Å². The third-order valence-electron chi connectivity index (χ3n) is 4.66. The predicted molar refractivity (Wildman–Crippen MR) is 102 cm³/mol. The molecular formula is C18H30N2O5S. The number of piperazine rings is 1. The van der Waals surface area contributed by atoms with E-state index >= 15 is 0 Å². The Bertz CT molecular complexity index is 685. The van der Waals surface area contributed by atoms with Crippen LogP contribution in [-0.4, -0.2) is 70.9 Å². The minimum atomic E-state index is -3.13. The van der Waals surface area contributed by atoms with E-state index in [2.05, 4.69) is 4.90 Å². The maximum Gasteiger partial charge on any atom is 0.214 e. The van der Waals surface area contributed by atoms with Crippen LogP contribution in [0.15, 0.2) is 12.1 Å². The fourth-order valence-electron chi connectivity index (χ4n) is 3.15. The van der Waals surface area contributed by atoms with E-state index in [-0.39, 0.29) is 5.75 Å². The molecule has 0 bridgehead atoms. The molecule has 1 aromatic carbocycles. The Morgan fingerprint density at radius 3 is 2.15 bits per heavy atom. The third kappa shape index (κ3) is 4.81. The van der Waals surface area contributed by atoms with Gasteiger partial charge in [0.15, 0.2) is 11.5 Å². The molecule has 7 nitrogen and oxygen atoms in total. The molecule has 0 saturated carbocycles. The summed E-state index contributed by atoms with van der Waals surface area (Å²) in [5.41, 5.74) is 0.993. The van der Waals surface area contributed by atoms with Crippen LogP contribution in [0.25, 0.3) is 0 Å². The molecule has 0 atom stereocenters. The van der Waals surface area contributed by atoms with Crippen molar-refractivity contribution in [2.24, 2.45) is 0 Å². The summed E-state index contributed by atoms with van der Waals surface area (Å²) in [6, 6.07) is 3.83. The van der Waals surface area contributed by atoms with Crippen LogP contribution in [0.2, 0.25) is 0 Å². The summed E-state index contributed by atoms with van der Waals surface area (Å²) in [5, 5.41) is 0. The lowest BCUT2D eigenvalue weighted by atomic mass is 10.1. The quantitative estimate of drug-likeness (QED) is 0.646. The van der Waals surface area contributed by atoms with E-state index in [0.717, 1.165) is 12.0 Å². The number of ether oxygens (including phenoxy) is 3. The van der Waals surface area contributed by atoms with Crippen molar-refractivity contribution in [1.82, 2.24) is 9.21 Å². The van der Waals surface area contributed by atoms with Crippen molar-refractivity contribution in [3.63, 3.8) is 0 Å². The molecule has 1 aliphatic rings.